The summed E-state index contributed by atoms with van der Waals surface area (Å²) >= 11 is 0. The van der Waals surface area contributed by atoms with Crippen LogP contribution in [-0.2, 0) is 0 Å². The quantitative estimate of drug-likeness (QED) is 0.263. The molecule has 3 N–H and O–H groups in total. The van der Waals surface area contributed by atoms with Crippen molar-refractivity contribution in [2.45, 2.75) is 13.8 Å². The lowest BCUT2D eigenvalue weighted by Gasteiger charge is -2.14. The number of amides is 1. The first-order chi connectivity index (χ1) is 17.9. The topological polar surface area (TPSA) is 107 Å². The summed E-state index contributed by atoms with van der Waals surface area (Å²) in [5.41, 5.74) is 4.73. The molecule has 9 nitrogen and oxygen atoms in total. The molecule has 190 valence electrons. The van der Waals surface area contributed by atoms with Crippen LogP contribution in [0.2, 0.25) is 0 Å². The fourth-order valence-electron chi connectivity index (χ4n) is 3.65. The molecule has 0 aliphatic heterocycles. The molecule has 4 aromatic rings. The van der Waals surface area contributed by atoms with Gasteiger partial charge in [-0.3, -0.25) is 4.79 Å². The molecule has 0 radical (unpaired) electrons. The van der Waals surface area contributed by atoms with E-state index >= 15 is 0 Å². The molecule has 0 saturated heterocycles. The molecule has 0 fully saturated rings. The number of hydrogen-bond donors (Lipinski definition) is 3. The minimum atomic E-state index is -0.307. The largest absolute Gasteiger partial charge is 0.493 e. The van der Waals surface area contributed by atoms with Crippen LogP contribution in [0.1, 0.15) is 21.6 Å². The van der Waals surface area contributed by atoms with Crippen molar-refractivity contribution >= 4 is 34.7 Å². The predicted octanol–water partition coefficient (Wildman–Crippen LogP) is 5.86. The molecule has 1 aromatic heterocycles. The summed E-state index contributed by atoms with van der Waals surface area (Å²) in [6.45, 7) is 3.95. The summed E-state index contributed by atoms with van der Waals surface area (Å²) in [6.07, 6.45) is 0. The molecule has 0 bridgehead atoms. The maximum absolute atomic E-state index is 12.9. The van der Waals surface area contributed by atoms with Crippen molar-refractivity contribution in [1.29, 1.82) is 0 Å². The van der Waals surface area contributed by atoms with E-state index in [0.29, 0.717) is 40.3 Å². The molecule has 0 unspecified atom stereocenters. The van der Waals surface area contributed by atoms with Gasteiger partial charge in [-0.05, 0) is 62.4 Å². The predicted molar refractivity (Wildman–Crippen MR) is 145 cm³/mol. The fraction of sp³-hybridized carbons (Fsp3) is 0.179. The minimum Gasteiger partial charge on any atom is -0.493 e. The van der Waals surface area contributed by atoms with Gasteiger partial charge in [-0.2, -0.15) is 4.98 Å². The minimum absolute atomic E-state index is 0.307. The van der Waals surface area contributed by atoms with Crippen LogP contribution in [0.5, 0.6) is 17.2 Å². The smallest absolute Gasteiger partial charge is 0.255 e. The van der Waals surface area contributed by atoms with Crippen LogP contribution in [0.3, 0.4) is 0 Å². The number of hydrogen-bond acceptors (Lipinski definition) is 8. The normalized spacial score (nSPS) is 10.4. The SMILES string of the molecule is COc1cc(C(=O)Nc2ccc(Nc3cc(C)nc(Nc4ccc(C)cc4)n3)cc2)cc(OC)c1OC. The van der Waals surface area contributed by atoms with E-state index in [1.807, 2.05) is 56.3 Å². The lowest BCUT2D eigenvalue weighted by atomic mass is 10.1. The van der Waals surface area contributed by atoms with Gasteiger partial charge in [-0.25, -0.2) is 4.98 Å². The number of nitrogens with one attached hydrogen (secondary N) is 3. The van der Waals surface area contributed by atoms with Gasteiger partial charge < -0.3 is 30.2 Å². The molecule has 0 saturated carbocycles. The van der Waals surface area contributed by atoms with Gasteiger partial charge in [0.15, 0.2) is 11.5 Å². The van der Waals surface area contributed by atoms with Crippen LogP contribution >= 0.6 is 0 Å². The van der Waals surface area contributed by atoms with Crippen LogP contribution in [0, 0.1) is 13.8 Å². The van der Waals surface area contributed by atoms with E-state index in [-0.39, 0.29) is 5.91 Å². The van der Waals surface area contributed by atoms with Gasteiger partial charge in [-0.1, -0.05) is 17.7 Å². The first-order valence-electron chi connectivity index (χ1n) is 11.6. The number of rotatable bonds is 9. The summed E-state index contributed by atoms with van der Waals surface area (Å²) in [5.74, 6) is 2.08. The first-order valence-corrected chi connectivity index (χ1v) is 11.6. The van der Waals surface area contributed by atoms with Gasteiger partial charge in [0.05, 0.1) is 21.3 Å². The zero-order valence-electron chi connectivity index (χ0n) is 21.4. The number of nitrogens with zero attached hydrogens (tertiary/aromatic N) is 2. The van der Waals surface area contributed by atoms with E-state index in [0.717, 1.165) is 17.1 Å². The van der Waals surface area contributed by atoms with Gasteiger partial charge in [0, 0.05) is 34.4 Å². The fourth-order valence-corrected chi connectivity index (χ4v) is 3.65. The molecule has 0 aliphatic carbocycles. The van der Waals surface area contributed by atoms with E-state index < -0.39 is 0 Å². The second kappa shape index (κ2) is 11.3. The molecular formula is C28H29N5O4. The molecule has 9 heteroatoms. The van der Waals surface area contributed by atoms with Crippen molar-refractivity contribution in [3.8, 4) is 17.2 Å². The number of anilines is 5. The van der Waals surface area contributed by atoms with E-state index in [4.69, 9.17) is 14.2 Å². The average molecular weight is 500 g/mol. The zero-order chi connectivity index (χ0) is 26.4. The molecular weight excluding hydrogens is 470 g/mol. The van der Waals surface area contributed by atoms with Crippen LogP contribution < -0.4 is 30.2 Å². The monoisotopic (exact) mass is 499 g/mol. The van der Waals surface area contributed by atoms with Gasteiger partial charge in [0.2, 0.25) is 11.7 Å². The summed E-state index contributed by atoms with van der Waals surface area (Å²) in [5, 5.41) is 9.40. The van der Waals surface area contributed by atoms with Crippen LogP contribution in [0.4, 0.5) is 28.8 Å². The van der Waals surface area contributed by atoms with Crippen molar-refractivity contribution in [3.05, 3.63) is 83.6 Å². The van der Waals surface area contributed by atoms with Crippen LogP contribution in [0.15, 0.2) is 66.7 Å². The molecule has 4 rings (SSSR count). The van der Waals surface area contributed by atoms with Gasteiger partial charge in [0.25, 0.3) is 5.91 Å². The maximum atomic E-state index is 12.9. The van der Waals surface area contributed by atoms with E-state index in [1.54, 1.807) is 24.3 Å². The summed E-state index contributed by atoms with van der Waals surface area (Å²) in [6, 6.07) is 20.4. The van der Waals surface area contributed by atoms with Crippen molar-refractivity contribution < 1.29 is 19.0 Å². The number of methoxy groups -OCH3 is 3. The Morgan fingerprint density at radius 1 is 0.703 bits per heavy atom. The van der Waals surface area contributed by atoms with Crippen molar-refractivity contribution in [3.63, 3.8) is 0 Å². The number of benzene rings is 3. The van der Waals surface area contributed by atoms with Crippen molar-refractivity contribution in [2.75, 3.05) is 37.3 Å². The highest BCUT2D eigenvalue weighted by molar-refractivity contribution is 6.05. The maximum Gasteiger partial charge on any atom is 0.255 e. The Balaban J connectivity index is 1.45. The third-order valence-electron chi connectivity index (χ3n) is 5.50. The highest BCUT2D eigenvalue weighted by Crippen LogP contribution is 2.38. The zero-order valence-corrected chi connectivity index (χ0v) is 21.4. The number of ether oxygens (including phenoxy) is 3. The molecule has 1 heterocycles. The van der Waals surface area contributed by atoms with Gasteiger partial charge in [0.1, 0.15) is 5.82 Å². The number of carbonyl (C=O) groups excluding carboxylic acids is 1. The Kier molecular flexibility index (Phi) is 7.73. The average Bonchev–Trinajstić information content (AvgIpc) is 2.89. The summed E-state index contributed by atoms with van der Waals surface area (Å²) in [7, 11) is 4.52. The number of aromatic nitrogens is 2. The highest BCUT2D eigenvalue weighted by atomic mass is 16.5. The van der Waals surface area contributed by atoms with E-state index in [2.05, 4.69) is 25.9 Å². The number of carbonyl (C=O) groups is 1. The second-order valence-electron chi connectivity index (χ2n) is 8.28. The Bertz CT molecular complexity index is 1360. The molecule has 1 amide bonds. The summed E-state index contributed by atoms with van der Waals surface area (Å²) < 4.78 is 16.0. The lowest BCUT2D eigenvalue weighted by molar-refractivity contribution is 0.102. The standard InChI is InChI=1S/C28H29N5O4/c1-17-6-8-22(9-7-17)32-28-29-18(2)14-25(33-28)30-20-10-12-21(13-11-20)31-27(34)19-15-23(35-3)26(37-5)24(16-19)36-4/h6-16H,1-5H3,(H,31,34)(H2,29,30,32,33). The van der Waals surface area contributed by atoms with Crippen molar-refractivity contribution in [2.24, 2.45) is 0 Å². The second-order valence-corrected chi connectivity index (χ2v) is 8.28. The van der Waals surface area contributed by atoms with Gasteiger partial charge >= 0.3 is 0 Å². The van der Waals surface area contributed by atoms with E-state index in [9.17, 15) is 4.79 Å². The Labute approximate surface area is 215 Å². The Morgan fingerprint density at radius 3 is 1.86 bits per heavy atom. The Hall–Kier alpha value is -4.79. The Morgan fingerprint density at radius 2 is 1.27 bits per heavy atom. The third kappa shape index (κ3) is 6.26. The molecule has 0 atom stereocenters. The summed E-state index contributed by atoms with van der Waals surface area (Å²) in [4.78, 5) is 21.9. The van der Waals surface area contributed by atoms with Crippen LogP contribution in [0.25, 0.3) is 0 Å². The molecule has 37 heavy (non-hydrogen) atoms. The first kappa shape index (κ1) is 25.3. The number of aryl methyl sites for hydroxylation is 2. The lowest BCUT2D eigenvalue weighted by Crippen LogP contribution is -2.12. The van der Waals surface area contributed by atoms with Gasteiger partial charge in [-0.15, -0.1) is 0 Å². The van der Waals surface area contributed by atoms with E-state index in [1.165, 1.54) is 26.9 Å². The third-order valence-corrected chi connectivity index (χ3v) is 5.50. The van der Waals surface area contributed by atoms with Crippen LogP contribution in [-0.4, -0.2) is 37.2 Å². The molecule has 0 spiro atoms. The van der Waals surface area contributed by atoms with Crippen molar-refractivity contribution in [1.82, 2.24) is 9.97 Å². The molecule has 0 aliphatic rings. The molecule has 3 aromatic carbocycles. The highest BCUT2D eigenvalue weighted by Gasteiger charge is 2.17.